The second kappa shape index (κ2) is 7.81. The quantitative estimate of drug-likeness (QED) is 0.362. The van der Waals surface area contributed by atoms with Crippen LogP contribution in [0.5, 0.6) is 5.75 Å². The van der Waals surface area contributed by atoms with Gasteiger partial charge in [0.15, 0.2) is 0 Å². The molecule has 2 aromatic rings. The zero-order chi connectivity index (χ0) is 21.0. The minimum absolute atomic E-state index is 0.0627. The van der Waals surface area contributed by atoms with Gasteiger partial charge in [-0.2, -0.15) is 15.6 Å². The van der Waals surface area contributed by atoms with Crippen LogP contribution in [0.25, 0.3) is 11.6 Å². The first-order valence-corrected chi connectivity index (χ1v) is 7.40. The van der Waals surface area contributed by atoms with Crippen LogP contribution >= 0.6 is 0 Å². The lowest BCUT2D eigenvalue weighted by Gasteiger charge is -2.02. The Bertz CT molecular complexity index is 1090. The van der Waals surface area contributed by atoms with Gasteiger partial charge in [-0.25, -0.2) is 4.68 Å². The summed E-state index contributed by atoms with van der Waals surface area (Å²) in [5.74, 6) is -1.02. The van der Waals surface area contributed by atoms with Crippen molar-refractivity contribution in [3.63, 3.8) is 0 Å². The van der Waals surface area contributed by atoms with Gasteiger partial charge in [0.25, 0.3) is 5.69 Å². The number of rotatable bonds is 6. The van der Waals surface area contributed by atoms with Crippen molar-refractivity contribution in [2.24, 2.45) is 0 Å². The van der Waals surface area contributed by atoms with E-state index in [0.717, 1.165) is 16.8 Å². The number of nitrogens with zero attached hydrogens (tertiary/aromatic N) is 6. The monoisotopic (exact) mass is 385 g/mol. The van der Waals surface area contributed by atoms with Crippen LogP contribution in [0.15, 0.2) is 12.1 Å². The normalized spacial score (nSPS) is 10.9. The molecule has 1 aromatic heterocycles. The minimum Gasteiger partial charge on any atom is -0.502 e. The molecular weight excluding hydrogens is 374 g/mol. The molecule has 0 fully saturated rings. The largest absolute Gasteiger partial charge is 0.502 e. The number of phenolic OH excluding ortho intramolecular Hbond substituents is 1. The Kier molecular flexibility index (Phi) is 5.53. The fraction of sp³-hybridized carbons (Fsp3) is 0.133. The molecule has 0 unspecified atom stereocenters. The van der Waals surface area contributed by atoms with Crippen LogP contribution in [-0.2, 0) is 6.54 Å². The Morgan fingerprint density at radius 2 is 2.00 bits per heavy atom. The molecule has 0 amide bonds. The Balaban J connectivity index is 2.75. The molecule has 28 heavy (non-hydrogen) atoms. The van der Waals surface area contributed by atoms with E-state index in [1.54, 1.807) is 12.1 Å². The van der Waals surface area contributed by atoms with Crippen LogP contribution in [0.3, 0.4) is 0 Å². The van der Waals surface area contributed by atoms with E-state index in [1.807, 2.05) is 0 Å². The van der Waals surface area contributed by atoms with Gasteiger partial charge in [0.05, 0.1) is 34.6 Å². The number of nitrogens with two attached hydrogens (primary N) is 1. The highest BCUT2D eigenvalue weighted by molar-refractivity contribution is 5.93. The van der Waals surface area contributed by atoms with Gasteiger partial charge in [0.1, 0.15) is 29.2 Å². The lowest BCUT2D eigenvalue weighted by atomic mass is 10.0. The van der Waals surface area contributed by atoms with Crippen molar-refractivity contribution in [3.05, 3.63) is 49.2 Å². The van der Waals surface area contributed by atoms with E-state index in [-0.39, 0.29) is 35.8 Å². The zero-order valence-electron chi connectivity index (χ0n) is 13.9. The van der Waals surface area contributed by atoms with Crippen LogP contribution < -0.4 is 5.73 Å². The fourth-order valence-electron chi connectivity index (χ4n) is 2.33. The highest BCUT2D eigenvalue weighted by Gasteiger charge is 2.25. The first-order valence-electron chi connectivity index (χ1n) is 7.40. The van der Waals surface area contributed by atoms with E-state index in [4.69, 9.17) is 10.8 Å². The third kappa shape index (κ3) is 3.55. The topological polar surface area (TPSA) is 218 Å². The molecule has 0 aliphatic heterocycles. The van der Waals surface area contributed by atoms with E-state index in [1.165, 1.54) is 0 Å². The van der Waals surface area contributed by atoms with Crippen LogP contribution in [0.2, 0.25) is 0 Å². The highest BCUT2D eigenvalue weighted by Crippen LogP contribution is 2.36. The number of hydrogen-bond donors (Lipinski definition) is 3. The SMILES string of the molecule is N#C/C(=C\c1cc([N+](=O)[O-])cc([N+](=O)[O-])c1O)c1nn(CCO)c(N)c1C#N. The fourth-order valence-corrected chi connectivity index (χ4v) is 2.33. The van der Waals surface area contributed by atoms with Crippen molar-refractivity contribution >= 4 is 28.8 Å². The molecule has 0 saturated carbocycles. The number of nitro benzene ring substituents is 2. The maximum atomic E-state index is 11.0. The van der Waals surface area contributed by atoms with Crippen molar-refractivity contribution in [2.75, 3.05) is 12.3 Å². The van der Waals surface area contributed by atoms with Crippen molar-refractivity contribution in [1.29, 1.82) is 10.5 Å². The molecule has 0 spiro atoms. The van der Waals surface area contributed by atoms with Gasteiger partial charge in [-0.1, -0.05) is 0 Å². The van der Waals surface area contributed by atoms with E-state index < -0.39 is 32.5 Å². The Morgan fingerprint density at radius 3 is 2.50 bits per heavy atom. The molecule has 0 aliphatic rings. The van der Waals surface area contributed by atoms with Crippen LogP contribution in [0.1, 0.15) is 16.8 Å². The number of aromatic hydroxyl groups is 1. The zero-order valence-corrected chi connectivity index (χ0v) is 13.9. The number of hydrogen-bond acceptors (Lipinski definition) is 10. The molecule has 4 N–H and O–H groups in total. The molecule has 13 nitrogen and oxygen atoms in total. The summed E-state index contributed by atoms with van der Waals surface area (Å²) in [6, 6.07) is 4.88. The number of aliphatic hydroxyl groups is 1. The van der Waals surface area contributed by atoms with Crippen molar-refractivity contribution in [3.8, 4) is 17.9 Å². The van der Waals surface area contributed by atoms with Gasteiger partial charge in [0.2, 0.25) is 5.75 Å². The number of nitrogen functional groups attached to an aromatic ring is 1. The molecule has 0 atom stereocenters. The summed E-state index contributed by atoms with van der Waals surface area (Å²) < 4.78 is 1.08. The number of aromatic nitrogens is 2. The summed E-state index contributed by atoms with van der Waals surface area (Å²) in [6.45, 7) is -0.410. The number of benzene rings is 1. The number of aliphatic hydroxyl groups excluding tert-OH is 1. The maximum Gasteiger partial charge on any atom is 0.318 e. The molecule has 0 bridgehead atoms. The first kappa shape index (κ1) is 19.8. The smallest absolute Gasteiger partial charge is 0.318 e. The molecule has 13 heteroatoms. The highest BCUT2D eigenvalue weighted by atomic mass is 16.6. The number of nitro groups is 2. The van der Waals surface area contributed by atoms with Crippen LogP contribution in [-0.4, -0.2) is 36.4 Å². The molecule has 0 saturated heterocycles. The summed E-state index contributed by atoms with van der Waals surface area (Å²) in [7, 11) is 0. The maximum absolute atomic E-state index is 11.0. The molecular formula is C15H11N7O6. The Labute approximate surface area is 156 Å². The summed E-state index contributed by atoms with van der Waals surface area (Å²) in [4.78, 5) is 20.1. The van der Waals surface area contributed by atoms with Gasteiger partial charge in [0, 0.05) is 11.6 Å². The second-order valence-electron chi connectivity index (χ2n) is 5.25. The van der Waals surface area contributed by atoms with Gasteiger partial charge in [-0.15, -0.1) is 0 Å². The molecule has 1 aromatic carbocycles. The summed E-state index contributed by atoms with van der Waals surface area (Å²) >= 11 is 0. The predicted octanol–water partition coefficient (Wildman–Crippen LogP) is 0.915. The van der Waals surface area contributed by atoms with E-state index >= 15 is 0 Å². The van der Waals surface area contributed by atoms with Gasteiger partial charge >= 0.3 is 5.69 Å². The second-order valence-corrected chi connectivity index (χ2v) is 5.25. The third-order valence-corrected chi connectivity index (χ3v) is 3.60. The summed E-state index contributed by atoms with van der Waals surface area (Å²) in [5, 5.41) is 63.7. The van der Waals surface area contributed by atoms with Crippen molar-refractivity contribution < 1.29 is 20.1 Å². The van der Waals surface area contributed by atoms with Crippen LogP contribution in [0.4, 0.5) is 17.2 Å². The number of allylic oxidation sites excluding steroid dienone is 1. The minimum atomic E-state index is -1.01. The lowest BCUT2D eigenvalue weighted by molar-refractivity contribution is -0.394. The number of anilines is 1. The lowest BCUT2D eigenvalue weighted by Crippen LogP contribution is -2.07. The van der Waals surface area contributed by atoms with E-state index in [0.29, 0.717) is 6.07 Å². The average molecular weight is 385 g/mol. The van der Waals surface area contributed by atoms with Gasteiger partial charge in [-0.3, -0.25) is 20.2 Å². The Hall–Kier alpha value is -4.49. The summed E-state index contributed by atoms with van der Waals surface area (Å²) in [5.41, 5.74) is 3.02. The van der Waals surface area contributed by atoms with E-state index in [2.05, 4.69) is 5.10 Å². The molecule has 142 valence electrons. The average Bonchev–Trinajstić information content (AvgIpc) is 2.96. The molecule has 0 aliphatic carbocycles. The molecule has 0 radical (unpaired) electrons. The number of non-ortho nitro benzene ring substituents is 1. The van der Waals surface area contributed by atoms with E-state index in [9.17, 15) is 35.9 Å². The van der Waals surface area contributed by atoms with Gasteiger partial charge < -0.3 is 15.9 Å². The van der Waals surface area contributed by atoms with Crippen molar-refractivity contribution in [2.45, 2.75) is 6.54 Å². The van der Waals surface area contributed by atoms with Crippen molar-refractivity contribution in [1.82, 2.24) is 9.78 Å². The number of nitriles is 2. The number of phenols is 1. The predicted molar refractivity (Wildman–Crippen MR) is 93.3 cm³/mol. The third-order valence-electron chi connectivity index (χ3n) is 3.60. The van der Waals surface area contributed by atoms with Gasteiger partial charge in [-0.05, 0) is 6.08 Å². The van der Waals surface area contributed by atoms with Crippen LogP contribution in [0, 0.1) is 42.9 Å². The molecule has 2 rings (SSSR count). The summed E-state index contributed by atoms with van der Waals surface area (Å²) in [6.07, 6.45) is 0.918. The molecule has 1 heterocycles. The standard InChI is InChI=1S/C15H11N7O6/c16-6-9(13-11(7-17)15(18)20(19-13)1-2-23)3-8-4-10(21(25)26)5-12(14(8)24)22(27)28/h3-5,23-24H,1-2,18H2/b9-3+. The Morgan fingerprint density at radius 1 is 1.32 bits per heavy atom. The first-order chi connectivity index (χ1) is 13.2.